The monoisotopic (exact) mass is 268 g/mol. The second-order valence-corrected chi connectivity index (χ2v) is 5.11. The first-order valence-corrected chi connectivity index (χ1v) is 6.31. The van der Waals surface area contributed by atoms with Gasteiger partial charge >= 0.3 is 0 Å². The Balaban J connectivity index is 2.51. The van der Waals surface area contributed by atoms with Gasteiger partial charge in [0.2, 0.25) is 5.78 Å². The van der Waals surface area contributed by atoms with Crippen LogP contribution in [0.4, 0.5) is 4.39 Å². The number of carbonyl (C=O) groups excluding carboxylic acids is 1. The molecule has 1 aromatic carbocycles. The predicted molar refractivity (Wildman–Crippen MR) is 68.6 cm³/mol. The van der Waals surface area contributed by atoms with E-state index in [-0.39, 0.29) is 5.78 Å². The maximum absolute atomic E-state index is 13.1. The Bertz CT molecular complexity index is 589. The average Bonchev–Trinajstić information content (AvgIpc) is 2.62. The number of halogens is 2. The van der Waals surface area contributed by atoms with Crippen molar-refractivity contribution < 1.29 is 9.18 Å². The van der Waals surface area contributed by atoms with E-state index >= 15 is 0 Å². The minimum absolute atomic E-state index is 0.217. The fraction of sp³-hybridized carbons (Fsp3) is 0.154. The van der Waals surface area contributed by atoms with E-state index in [1.165, 1.54) is 23.5 Å². The van der Waals surface area contributed by atoms with Crippen molar-refractivity contribution in [1.29, 1.82) is 0 Å². The molecule has 0 saturated carbocycles. The van der Waals surface area contributed by atoms with E-state index in [9.17, 15) is 9.18 Å². The molecule has 1 nitrogen and oxygen atoms in total. The molecule has 4 heteroatoms. The van der Waals surface area contributed by atoms with Crippen molar-refractivity contribution in [1.82, 2.24) is 0 Å². The van der Waals surface area contributed by atoms with Gasteiger partial charge in [0.25, 0.3) is 0 Å². The average molecular weight is 269 g/mol. The minimum Gasteiger partial charge on any atom is -0.288 e. The van der Waals surface area contributed by atoms with E-state index in [1.54, 1.807) is 13.0 Å². The number of aryl methyl sites for hydroxylation is 2. The Morgan fingerprint density at radius 1 is 1.29 bits per heavy atom. The second kappa shape index (κ2) is 4.59. The number of hydrogen-bond acceptors (Lipinski definition) is 2. The van der Waals surface area contributed by atoms with Gasteiger partial charge in [0.1, 0.15) is 5.82 Å². The summed E-state index contributed by atoms with van der Waals surface area (Å²) >= 11 is 7.33. The van der Waals surface area contributed by atoms with Crippen LogP contribution in [0, 0.1) is 19.7 Å². The molecule has 2 aromatic rings. The van der Waals surface area contributed by atoms with Gasteiger partial charge in [-0.3, -0.25) is 4.79 Å². The van der Waals surface area contributed by atoms with E-state index in [4.69, 9.17) is 11.6 Å². The molecule has 0 amide bonds. The van der Waals surface area contributed by atoms with E-state index < -0.39 is 5.82 Å². The highest BCUT2D eigenvalue weighted by Crippen LogP contribution is 2.30. The highest BCUT2D eigenvalue weighted by molar-refractivity contribution is 7.13. The van der Waals surface area contributed by atoms with E-state index in [1.807, 2.05) is 12.3 Å². The molecule has 0 saturated heterocycles. The van der Waals surface area contributed by atoms with Gasteiger partial charge in [-0.05, 0) is 42.5 Å². The zero-order valence-corrected chi connectivity index (χ0v) is 11.0. The molecule has 0 aliphatic heterocycles. The lowest BCUT2D eigenvalue weighted by atomic mass is 10.0. The van der Waals surface area contributed by atoms with Gasteiger partial charge in [-0.15, -0.1) is 11.3 Å². The summed E-state index contributed by atoms with van der Waals surface area (Å²) in [6, 6.07) is 4.19. The van der Waals surface area contributed by atoms with Crippen molar-refractivity contribution in [3.8, 4) is 0 Å². The molecule has 0 spiro atoms. The van der Waals surface area contributed by atoms with Gasteiger partial charge in [-0.25, -0.2) is 4.39 Å². The normalized spacial score (nSPS) is 10.6. The summed E-state index contributed by atoms with van der Waals surface area (Å²) in [5, 5.41) is 2.29. The highest BCUT2D eigenvalue weighted by atomic mass is 35.5. The molecular weight excluding hydrogens is 259 g/mol. The molecule has 0 aliphatic carbocycles. The number of benzene rings is 1. The fourth-order valence-electron chi connectivity index (χ4n) is 1.54. The number of ketones is 1. The molecule has 17 heavy (non-hydrogen) atoms. The van der Waals surface area contributed by atoms with Crippen LogP contribution in [0.25, 0.3) is 0 Å². The molecule has 0 unspecified atom stereocenters. The molecule has 0 N–H and O–H groups in total. The highest BCUT2D eigenvalue weighted by Gasteiger charge is 2.18. The zero-order valence-electron chi connectivity index (χ0n) is 9.38. The van der Waals surface area contributed by atoms with Gasteiger partial charge < -0.3 is 0 Å². The van der Waals surface area contributed by atoms with Crippen molar-refractivity contribution in [3.63, 3.8) is 0 Å². The standard InChI is InChI=1S/C13H10ClFOS/c1-7-3-4-9(15)5-10(7)12(16)13-11(14)8(2)6-17-13/h3-6H,1-2H3. The fourth-order valence-corrected chi connectivity index (χ4v) is 2.78. The summed E-state index contributed by atoms with van der Waals surface area (Å²) < 4.78 is 13.1. The number of thiophene rings is 1. The summed E-state index contributed by atoms with van der Waals surface area (Å²) in [6.45, 7) is 3.62. The first-order chi connectivity index (χ1) is 8.00. The molecule has 0 bridgehead atoms. The SMILES string of the molecule is Cc1ccc(F)cc1C(=O)c1scc(C)c1Cl. The minimum atomic E-state index is -0.414. The third-order valence-corrected chi connectivity index (χ3v) is 4.25. The lowest BCUT2D eigenvalue weighted by Gasteiger charge is -2.04. The number of rotatable bonds is 2. The van der Waals surface area contributed by atoms with Gasteiger partial charge in [0.15, 0.2) is 0 Å². The zero-order chi connectivity index (χ0) is 12.6. The molecule has 0 aliphatic rings. The summed E-state index contributed by atoms with van der Waals surface area (Å²) in [4.78, 5) is 12.7. The largest absolute Gasteiger partial charge is 0.288 e. The van der Waals surface area contributed by atoms with Crippen LogP contribution < -0.4 is 0 Å². The first-order valence-electron chi connectivity index (χ1n) is 5.05. The summed E-state index contributed by atoms with van der Waals surface area (Å²) in [5.41, 5.74) is 1.99. The Kier molecular flexibility index (Phi) is 3.31. The molecule has 1 aromatic heterocycles. The third kappa shape index (κ3) is 2.26. The summed E-state index contributed by atoms with van der Waals surface area (Å²) in [7, 11) is 0. The lowest BCUT2D eigenvalue weighted by Crippen LogP contribution is -2.03. The van der Waals surface area contributed by atoms with Crippen LogP contribution in [-0.2, 0) is 0 Å². The van der Waals surface area contributed by atoms with Crippen LogP contribution in [0.2, 0.25) is 5.02 Å². The topological polar surface area (TPSA) is 17.1 Å². The summed E-state index contributed by atoms with van der Waals surface area (Å²) in [5.74, 6) is -0.631. The van der Waals surface area contributed by atoms with Crippen LogP contribution in [0.3, 0.4) is 0 Å². The van der Waals surface area contributed by atoms with Crippen LogP contribution in [0.1, 0.15) is 26.4 Å². The van der Waals surface area contributed by atoms with Gasteiger partial charge in [0, 0.05) is 5.56 Å². The number of carbonyl (C=O) groups is 1. The van der Waals surface area contributed by atoms with E-state index in [2.05, 4.69) is 0 Å². The van der Waals surface area contributed by atoms with Crippen molar-refractivity contribution >= 4 is 28.7 Å². The second-order valence-electron chi connectivity index (χ2n) is 3.85. The third-order valence-electron chi connectivity index (χ3n) is 2.55. The van der Waals surface area contributed by atoms with Crippen molar-refractivity contribution in [2.45, 2.75) is 13.8 Å². The molecule has 0 fully saturated rings. The van der Waals surface area contributed by atoms with Gasteiger partial charge in [-0.1, -0.05) is 17.7 Å². The van der Waals surface area contributed by atoms with Crippen LogP contribution >= 0.6 is 22.9 Å². The van der Waals surface area contributed by atoms with Crippen molar-refractivity contribution in [2.75, 3.05) is 0 Å². The Hall–Kier alpha value is -1.19. The maximum atomic E-state index is 13.1. The van der Waals surface area contributed by atoms with Crippen LogP contribution in [-0.4, -0.2) is 5.78 Å². The van der Waals surface area contributed by atoms with Crippen molar-refractivity contribution in [2.24, 2.45) is 0 Å². The first kappa shape index (κ1) is 12.3. The molecule has 0 radical (unpaired) electrons. The van der Waals surface area contributed by atoms with Crippen LogP contribution in [0.5, 0.6) is 0 Å². The molecular formula is C13H10ClFOS. The smallest absolute Gasteiger partial charge is 0.204 e. The molecule has 2 rings (SSSR count). The van der Waals surface area contributed by atoms with Crippen molar-refractivity contribution in [3.05, 3.63) is 56.0 Å². The summed E-state index contributed by atoms with van der Waals surface area (Å²) in [6.07, 6.45) is 0. The van der Waals surface area contributed by atoms with Crippen LogP contribution in [0.15, 0.2) is 23.6 Å². The Labute approximate surface area is 108 Å². The lowest BCUT2D eigenvalue weighted by molar-refractivity contribution is 0.104. The maximum Gasteiger partial charge on any atom is 0.204 e. The molecule has 0 atom stereocenters. The van der Waals surface area contributed by atoms with E-state index in [0.717, 1.165) is 11.1 Å². The predicted octanol–water partition coefficient (Wildman–Crippen LogP) is 4.39. The molecule has 88 valence electrons. The Morgan fingerprint density at radius 3 is 2.59 bits per heavy atom. The number of hydrogen-bond donors (Lipinski definition) is 0. The van der Waals surface area contributed by atoms with Gasteiger partial charge in [0.05, 0.1) is 9.90 Å². The van der Waals surface area contributed by atoms with Gasteiger partial charge in [-0.2, -0.15) is 0 Å². The van der Waals surface area contributed by atoms with E-state index in [0.29, 0.717) is 15.5 Å². The Morgan fingerprint density at radius 2 is 2.00 bits per heavy atom. The quantitative estimate of drug-likeness (QED) is 0.739. The molecule has 1 heterocycles.